The average molecular weight is 270 g/mol. The molecule has 0 radical (unpaired) electrons. The van der Waals surface area contributed by atoms with E-state index in [4.69, 9.17) is 4.74 Å². The van der Waals surface area contributed by atoms with Crippen molar-refractivity contribution in [1.82, 2.24) is 10.3 Å². The van der Waals surface area contributed by atoms with Gasteiger partial charge in [0.25, 0.3) is 0 Å². The molecule has 3 nitrogen and oxygen atoms in total. The number of hydrogen-bond donors (Lipinski definition) is 1. The quantitative estimate of drug-likeness (QED) is 0.930. The summed E-state index contributed by atoms with van der Waals surface area (Å²) in [5.74, 6) is 1.69. The molecule has 1 saturated heterocycles. The van der Waals surface area contributed by atoms with Crippen molar-refractivity contribution >= 4 is 10.9 Å². The maximum Gasteiger partial charge on any atom is 0.119 e. The van der Waals surface area contributed by atoms with Crippen LogP contribution in [-0.4, -0.2) is 25.2 Å². The standard InChI is InChI=1S/C17H22N2O/c1-20-15-4-5-17-16(12-15)14(7-10-19-17)11-13-3-2-8-18-9-6-13/h4-5,7,10,12-13,18H,2-3,6,8-9,11H2,1H3. The van der Waals surface area contributed by atoms with Crippen LogP contribution < -0.4 is 10.1 Å². The van der Waals surface area contributed by atoms with Gasteiger partial charge < -0.3 is 10.1 Å². The lowest BCUT2D eigenvalue weighted by Gasteiger charge is -2.15. The van der Waals surface area contributed by atoms with Crippen LogP contribution in [0.15, 0.2) is 30.5 Å². The average Bonchev–Trinajstić information content (AvgIpc) is 2.76. The second-order valence-electron chi connectivity index (χ2n) is 5.60. The van der Waals surface area contributed by atoms with Crippen molar-refractivity contribution < 1.29 is 4.74 Å². The Morgan fingerprint density at radius 3 is 3.10 bits per heavy atom. The molecule has 0 amide bonds. The minimum Gasteiger partial charge on any atom is -0.497 e. The molecule has 0 bridgehead atoms. The Kier molecular flexibility index (Phi) is 4.16. The molecule has 1 aromatic carbocycles. The predicted octanol–water partition coefficient (Wildman–Crippen LogP) is 3.18. The highest BCUT2D eigenvalue weighted by Gasteiger charge is 2.14. The zero-order valence-electron chi connectivity index (χ0n) is 12.1. The minimum absolute atomic E-state index is 0.779. The third-order valence-electron chi connectivity index (χ3n) is 4.24. The van der Waals surface area contributed by atoms with E-state index >= 15 is 0 Å². The van der Waals surface area contributed by atoms with E-state index in [-0.39, 0.29) is 0 Å². The van der Waals surface area contributed by atoms with Gasteiger partial charge in [-0.1, -0.05) is 0 Å². The van der Waals surface area contributed by atoms with Crippen molar-refractivity contribution in [3.05, 3.63) is 36.0 Å². The van der Waals surface area contributed by atoms with E-state index < -0.39 is 0 Å². The normalized spacial score (nSPS) is 19.8. The molecule has 2 heterocycles. The Balaban J connectivity index is 1.89. The smallest absolute Gasteiger partial charge is 0.119 e. The summed E-state index contributed by atoms with van der Waals surface area (Å²) in [5.41, 5.74) is 2.47. The number of aromatic nitrogens is 1. The molecular formula is C17H22N2O. The lowest BCUT2D eigenvalue weighted by atomic mass is 9.91. The lowest BCUT2D eigenvalue weighted by Crippen LogP contribution is -2.14. The Hall–Kier alpha value is -1.61. The molecule has 20 heavy (non-hydrogen) atoms. The minimum atomic E-state index is 0.779. The van der Waals surface area contributed by atoms with Crippen molar-refractivity contribution in [3.63, 3.8) is 0 Å². The van der Waals surface area contributed by atoms with Crippen LogP contribution in [0.3, 0.4) is 0 Å². The van der Waals surface area contributed by atoms with Gasteiger partial charge in [-0.15, -0.1) is 0 Å². The van der Waals surface area contributed by atoms with Gasteiger partial charge in [-0.2, -0.15) is 0 Å². The molecule has 3 rings (SSSR count). The van der Waals surface area contributed by atoms with E-state index in [1.807, 2.05) is 18.3 Å². The summed E-state index contributed by atoms with van der Waals surface area (Å²) in [6.07, 6.45) is 6.96. The highest BCUT2D eigenvalue weighted by atomic mass is 16.5. The van der Waals surface area contributed by atoms with Gasteiger partial charge in [-0.25, -0.2) is 0 Å². The first-order valence-corrected chi connectivity index (χ1v) is 7.49. The van der Waals surface area contributed by atoms with Gasteiger partial charge in [0, 0.05) is 11.6 Å². The molecule has 0 spiro atoms. The first kappa shape index (κ1) is 13.4. The van der Waals surface area contributed by atoms with Gasteiger partial charge in [-0.3, -0.25) is 4.98 Å². The van der Waals surface area contributed by atoms with E-state index in [1.54, 1.807) is 7.11 Å². The highest BCUT2D eigenvalue weighted by molar-refractivity contribution is 5.83. The van der Waals surface area contributed by atoms with Crippen LogP contribution in [0.4, 0.5) is 0 Å². The van der Waals surface area contributed by atoms with Crippen LogP contribution in [-0.2, 0) is 6.42 Å². The molecule has 0 saturated carbocycles. The second-order valence-corrected chi connectivity index (χ2v) is 5.60. The summed E-state index contributed by atoms with van der Waals surface area (Å²) in [6.45, 7) is 2.32. The highest BCUT2D eigenvalue weighted by Crippen LogP contribution is 2.26. The fourth-order valence-electron chi connectivity index (χ4n) is 3.09. The molecular weight excluding hydrogens is 248 g/mol. The van der Waals surface area contributed by atoms with Crippen LogP contribution in [0.1, 0.15) is 24.8 Å². The number of nitrogens with zero attached hydrogens (tertiary/aromatic N) is 1. The van der Waals surface area contributed by atoms with Crippen LogP contribution in [0, 0.1) is 5.92 Å². The van der Waals surface area contributed by atoms with Crippen molar-refractivity contribution in [2.24, 2.45) is 5.92 Å². The van der Waals surface area contributed by atoms with Gasteiger partial charge in [-0.05, 0) is 74.5 Å². The number of methoxy groups -OCH3 is 1. The molecule has 1 aliphatic heterocycles. The van der Waals surface area contributed by atoms with Crippen LogP contribution in [0.5, 0.6) is 5.75 Å². The monoisotopic (exact) mass is 270 g/mol. The molecule has 2 aromatic rings. The SMILES string of the molecule is COc1ccc2nccc(CC3CCCNCC3)c2c1. The summed E-state index contributed by atoms with van der Waals surface area (Å²) in [5, 5.41) is 4.73. The number of hydrogen-bond acceptors (Lipinski definition) is 3. The van der Waals surface area contributed by atoms with E-state index in [2.05, 4.69) is 22.4 Å². The maximum absolute atomic E-state index is 5.35. The van der Waals surface area contributed by atoms with Gasteiger partial charge in [0.05, 0.1) is 12.6 Å². The maximum atomic E-state index is 5.35. The molecule has 1 aromatic heterocycles. The number of pyridine rings is 1. The lowest BCUT2D eigenvalue weighted by molar-refractivity contribution is 0.415. The van der Waals surface area contributed by atoms with E-state index in [9.17, 15) is 0 Å². The van der Waals surface area contributed by atoms with Crippen molar-refractivity contribution in [2.75, 3.05) is 20.2 Å². The van der Waals surface area contributed by atoms with Gasteiger partial charge >= 0.3 is 0 Å². The number of rotatable bonds is 3. The van der Waals surface area contributed by atoms with E-state index in [0.29, 0.717) is 0 Å². The van der Waals surface area contributed by atoms with Gasteiger partial charge in [0.1, 0.15) is 5.75 Å². The van der Waals surface area contributed by atoms with Crippen molar-refractivity contribution in [2.45, 2.75) is 25.7 Å². The van der Waals surface area contributed by atoms with Crippen LogP contribution in [0.25, 0.3) is 10.9 Å². The molecule has 1 fully saturated rings. The second kappa shape index (κ2) is 6.23. The first-order valence-electron chi connectivity index (χ1n) is 7.49. The van der Waals surface area contributed by atoms with Crippen molar-refractivity contribution in [3.8, 4) is 5.75 Å². The van der Waals surface area contributed by atoms with Crippen LogP contribution in [0.2, 0.25) is 0 Å². The molecule has 106 valence electrons. The van der Waals surface area contributed by atoms with Crippen molar-refractivity contribution in [1.29, 1.82) is 0 Å². The molecule has 1 N–H and O–H groups in total. The Morgan fingerprint density at radius 2 is 2.20 bits per heavy atom. The summed E-state index contributed by atoms with van der Waals surface area (Å²) in [7, 11) is 1.72. The molecule has 3 heteroatoms. The number of fused-ring (bicyclic) bond motifs is 1. The third-order valence-corrected chi connectivity index (χ3v) is 4.24. The summed E-state index contributed by atoms with van der Waals surface area (Å²) in [4.78, 5) is 4.46. The Bertz CT molecular complexity index is 574. The predicted molar refractivity (Wildman–Crippen MR) is 82.2 cm³/mol. The topological polar surface area (TPSA) is 34.1 Å². The zero-order chi connectivity index (χ0) is 13.8. The summed E-state index contributed by atoms with van der Waals surface area (Å²) >= 11 is 0. The largest absolute Gasteiger partial charge is 0.497 e. The van der Waals surface area contributed by atoms with E-state index in [1.165, 1.54) is 36.8 Å². The van der Waals surface area contributed by atoms with E-state index in [0.717, 1.165) is 30.1 Å². The number of ether oxygens (including phenoxy) is 1. The Labute approximate surface area is 120 Å². The van der Waals surface area contributed by atoms with Crippen LogP contribution >= 0.6 is 0 Å². The fraction of sp³-hybridized carbons (Fsp3) is 0.471. The van der Waals surface area contributed by atoms with Gasteiger partial charge in [0.15, 0.2) is 0 Å². The number of benzene rings is 1. The molecule has 1 aliphatic rings. The Morgan fingerprint density at radius 1 is 1.25 bits per heavy atom. The fourth-order valence-corrected chi connectivity index (χ4v) is 3.09. The molecule has 0 aliphatic carbocycles. The summed E-state index contributed by atoms with van der Waals surface area (Å²) < 4.78 is 5.35. The number of nitrogens with one attached hydrogen (secondary N) is 1. The summed E-state index contributed by atoms with van der Waals surface area (Å²) in [6, 6.07) is 8.31. The zero-order valence-corrected chi connectivity index (χ0v) is 12.1. The first-order chi connectivity index (χ1) is 9.86. The molecule has 1 unspecified atom stereocenters. The molecule has 1 atom stereocenters. The van der Waals surface area contributed by atoms with Gasteiger partial charge in [0.2, 0.25) is 0 Å². The third kappa shape index (κ3) is 2.93.